The van der Waals surface area contributed by atoms with Crippen LogP contribution in [0, 0.1) is 0 Å². The van der Waals surface area contributed by atoms with Gasteiger partial charge >= 0.3 is 13.2 Å². The molecule has 3 nitrogen and oxygen atoms in total. The minimum atomic E-state index is -3.23. The summed E-state index contributed by atoms with van der Waals surface area (Å²) in [6.07, 6.45) is 2.57. The fraction of sp³-hybridized carbons (Fsp3) is 0.118. The van der Waals surface area contributed by atoms with Crippen LogP contribution in [-0.2, 0) is 0 Å². The van der Waals surface area contributed by atoms with E-state index in [1.807, 2.05) is 0 Å². The molecule has 2 aromatic carbocycles. The van der Waals surface area contributed by atoms with Crippen molar-refractivity contribution < 1.29 is 31.8 Å². The summed E-state index contributed by atoms with van der Waals surface area (Å²) in [6, 6.07) is 9.54. The summed E-state index contributed by atoms with van der Waals surface area (Å²) in [7, 11) is 0. The molecule has 0 radical (unpaired) electrons. The topological polar surface area (TPSA) is 35.5 Å². The molecular weight excluding hydrogens is 364 g/mol. The summed E-state index contributed by atoms with van der Waals surface area (Å²) in [6.45, 7) is -6.37. The summed E-state index contributed by atoms with van der Waals surface area (Å²) in [4.78, 5) is 12.2. The van der Waals surface area contributed by atoms with Crippen molar-refractivity contribution in [1.82, 2.24) is 0 Å². The number of hydrogen-bond donors (Lipinski definition) is 0. The van der Waals surface area contributed by atoms with Crippen molar-refractivity contribution in [2.45, 2.75) is 13.2 Å². The lowest BCUT2D eigenvalue weighted by Gasteiger charge is -2.11. The molecule has 0 fully saturated rings. The molecule has 0 heterocycles. The van der Waals surface area contributed by atoms with E-state index in [9.17, 15) is 22.4 Å². The SMILES string of the molecule is O=C(/C=C/c1cccc(Cl)c1)c1ccc(OC(F)F)cc1OC(F)F. The average Bonchev–Trinajstić information content (AvgIpc) is 2.52. The third-order valence-corrected chi connectivity index (χ3v) is 3.17. The highest BCUT2D eigenvalue weighted by Gasteiger charge is 2.16. The zero-order valence-corrected chi connectivity index (χ0v) is 13.2. The van der Waals surface area contributed by atoms with E-state index in [2.05, 4.69) is 9.47 Å². The Morgan fingerprint density at radius 2 is 1.72 bits per heavy atom. The molecule has 0 aliphatic carbocycles. The fourth-order valence-corrected chi connectivity index (χ4v) is 2.15. The first-order chi connectivity index (χ1) is 11.8. The second-order valence-corrected chi connectivity index (χ2v) is 5.10. The summed E-state index contributed by atoms with van der Waals surface area (Å²) in [5.74, 6) is -1.62. The van der Waals surface area contributed by atoms with E-state index < -0.39 is 30.5 Å². The lowest BCUT2D eigenvalue weighted by atomic mass is 10.1. The lowest BCUT2D eigenvalue weighted by molar-refractivity contribution is -0.0544. The fourth-order valence-electron chi connectivity index (χ4n) is 1.95. The molecule has 8 heteroatoms. The van der Waals surface area contributed by atoms with Gasteiger partial charge in [-0.1, -0.05) is 29.8 Å². The Labute approximate surface area is 145 Å². The van der Waals surface area contributed by atoms with E-state index in [0.717, 1.165) is 24.3 Å². The number of ketones is 1. The van der Waals surface area contributed by atoms with Gasteiger partial charge in [0.2, 0.25) is 0 Å². The van der Waals surface area contributed by atoms with Crippen LogP contribution in [0.15, 0.2) is 48.5 Å². The molecule has 0 aliphatic rings. The Morgan fingerprint density at radius 3 is 2.36 bits per heavy atom. The highest BCUT2D eigenvalue weighted by Crippen LogP contribution is 2.28. The Morgan fingerprint density at radius 1 is 1.00 bits per heavy atom. The smallest absolute Gasteiger partial charge is 0.387 e. The van der Waals surface area contributed by atoms with Crippen LogP contribution in [0.25, 0.3) is 6.08 Å². The van der Waals surface area contributed by atoms with Gasteiger partial charge in [-0.15, -0.1) is 0 Å². The maximum Gasteiger partial charge on any atom is 0.387 e. The van der Waals surface area contributed by atoms with Crippen LogP contribution in [0.4, 0.5) is 17.6 Å². The summed E-state index contributed by atoms with van der Waals surface area (Å²) < 4.78 is 57.8. The number of alkyl halides is 4. The van der Waals surface area contributed by atoms with E-state index in [4.69, 9.17) is 11.6 Å². The van der Waals surface area contributed by atoms with Gasteiger partial charge < -0.3 is 9.47 Å². The zero-order chi connectivity index (χ0) is 18.4. The van der Waals surface area contributed by atoms with Crippen LogP contribution in [0.5, 0.6) is 11.5 Å². The number of allylic oxidation sites excluding steroid dienone is 1. The van der Waals surface area contributed by atoms with Gasteiger partial charge in [0.25, 0.3) is 0 Å². The Bertz CT molecular complexity index is 778. The van der Waals surface area contributed by atoms with Crippen molar-refractivity contribution in [2.24, 2.45) is 0 Å². The largest absolute Gasteiger partial charge is 0.435 e. The van der Waals surface area contributed by atoms with Crippen LogP contribution in [0.2, 0.25) is 5.02 Å². The van der Waals surface area contributed by atoms with Crippen molar-refractivity contribution in [3.8, 4) is 11.5 Å². The molecule has 0 atom stereocenters. The van der Waals surface area contributed by atoms with Gasteiger partial charge in [0.05, 0.1) is 5.56 Å². The first kappa shape index (κ1) is 18.8. The van der Waals surface area contributed by atoms with Gasteiger partial charge in [0, 0.05) is 11.1 Å². The van der Waals surface area contributed by atoms with Crippen LogP contribution in [-0.4, -0.2) is 19.0 Å². The molecule has 0 bridgehead atoms. The lowest BCUT2D eigenvalue weighted by Crippen LogP contribution is -2.08. The van der Waals surface area contributed by atoms with Crippen molar-refractivity contribution in [1.29, 1.82) is 0 Å². The molecule has 25 heavy (non-hydrogen) atoms. The Hall–Kier alpha value is -2.54. The number of hydrogen-bond acceptors (Lipinski definition) is 3. The van der Waals surface area contributed by atoms with E-state index in [1.54, 1.807) is 24.3 Å². The number of benzene rings is 2. The highest BCUT2D eigenvalue weighted by molar-refractivity contribution is 6.30. The molecule has 0 spiro atoms. The van der Waals surface area contributed by atoms with Crippen molar-refractivity contribution in [3.63, 3.8) is 0 Å². The molecule has 2 rings (SSSR count). The molecule has 2 aromatic rings. The maximum atomic E-state index is 12.5. The number of rotatable bonds is 7. The predicted octanol–water partition coefficient (Wildman–Crippen LogP) is 5.44. The minimum absolute atomic E-state index is 0.222. The molecule has 0 saturated heterocycles. The van der Waals surface area contributed by atoms with Gasteiger partial charge in [0.1, 0.15) is 11.5 Å². The van der Waals surface area contributed by atoms with Gasteiger partial charge in [-0.25, -0.2) is 0 Å². The minimum Gasteiger partial charge on any atom is -0.435 e. The van der Waals surface area contributed by atoms with Gasteiger partial charge in [-0.05, 0) is 35.9 Å². The first-order valence-corrected chi connectivity index (χ1v) is 7.24. The van der Waals surface area contributed by atoms with E-state index in [0.29, 0.717) is 10.6 Å². The number of carbonyl (C=O) groups excluding carboxylic acids is 1. The van der Waals surface area contributed by atoms with Gasteiger partial charge in [-0.3, -0.25) is 4.79 Å². The molecule has 0 saturated carbocycles. The van der Waals surface area contributed by atoms with Crippen LogP contribution in [0.3, 0.4) is 0 Å². The van der Waals surface area contributed by atoms with Gasteiger partial charge in [-0.2, -0.15) is 17.6 Å². The molecule has 0 unspecified atom stereocenters. The third-order valence-electron chi connectivity index (χ3n) is 2.94. The number of carbonyl (C=O) groups is 1. The summed E-state index contributed by atoms with van der Waals surface area (Å²) >= 11 is 5.82. The maximum absolute atomic E-state index is 12.5. The normalized spacial score (nSPS) is 11.3. The summed E-state index contributed by atoms with van der Waals surface area (Å²) in [5.41, 5.74) is 0.398. The second-order valence-electron chi connectivity index (χ2n) is 4.67. The molecule has 132 valence electrons. The molecule has 0 amide bonds. The quantitative estimate of drug-likeness (QED) is 0.368. The first-order valence-electron chi connectivity index (χ1n) is 6.87. The van der Waals surface area contributed by atoms with Crippen LogP contribution >= 0.6 is 11.6 Å². The molecule has 0 aromatic heterocycles. The number of halogens is 5. The zero-order valence-electron chi connectivity index (χ0n) is 12.5. The van der Waals surface area contributed by atoms with E-state index in [-0.39, 0.29) is 5.56 Å². The Kier molecular flexibility index (Phi) is 6.41. The third kappa shape index (κ3) is 5.79. The van der Waals surface area contributed by atoms with E-state index in [1.165, 1.54) is 6.08 Å². The second kappa shape index (κ2) is 8.53. The predicted molar refractivity (Wildman–Crippen MR) is 84.5 cm³/mol. The van der Waals surface area contributed by atoms with Crippen LogP contribution < -0.4 is 9.47 Å². The highest BCUT2D eigenvalue weighted by atomic mass is 35.5. The van der Waals surface area contributed by atoms with Crippen molar-refractivity contribution >= 4 is 23.5 Å². The molecule has 0 N–H and O–H groups in total. The summed E-state index contributed by atoms with van der Waals surface area (Å²) in [5, 5.41) is 0.463. The molecular formula is C17H11ClF4O3. The number of ether oxygens (including phenoxy) is 2. The average molecular weight is 375 g/mol. The Balaban J connectivity index is 2.27. The van der Waals surface area contributed by atoms with Gasteiger partial charge in [0.15, 0.2) is 5.78 Å². The molecule has 0 aliphatic heterocycles. The monoisotopic (exact) mass is 374 g/mol. The van der Waals surface area contributed by atoms with Crippen LogP contribution in [0.1, 0.15) is 15.9 Å². The standard InChI is InChI=1S/C17H11ClF4O3/c18-11-3-1-2-10(8-11)4-7-14(23)13-6-5-12(24-16(19)20)9-15(13)25-17(21)22/h1-9,16-17H/b7-4+. The van der Waals surface area contributed by atoms with E-state index >= 15 is 0 Å². The van der Waals surface area contributed by atoms with Crippen molar-refractivity contribution in [3.05, 3.63) is 64.7 Å². The van der Waals surface area contributed by atoms with Crippen molar-refractivity contribution in [2.75, 3.05) is 0 Å².